The molecule has 0 spiro atoms. The third kappa shape index (κ3) is 4.82. The van der Waals surface area contributed by atoms with Crippen LogP contribution in [-0.4, -0.2) is 22.0 Å². The number of nitrogens with zero attached hydrogens (tertiary/aromatic N) is 3. The molecule has 1 heterocycles. The molecule has 0 aliphatic heterocycles. The van der Waals surface area contributed by atoms with Gasteiger partial charge in [-0.05, 0) is 68.9 Å². The van der Waals surface area contributed by atoms with Gasteiger partial charge in [0, 0.05) is 6.54 Å². The molecule has 0 aliphatic carbocycles. The summed E-state index contributed by atoms with van der Waals surface area (Å²) in [5.74, 6) is 0. The van der Waals surface area contributed by atoms with Gasteiger partial charge in [-0.2, -0.15) is 4.99 Å². The molecule has 1 aromatic heterocycles. The van der Waals surface area contributed by atoms with Gasteiger partial charge < -0.3 is 4.57 Å². The molecule has 0 radical (unpaired) electrons. The monoisotopic (exact) mass is 404 g/mol. The van der Waals surface area contributed by atoms with Crippen molar-refractivity contribution in [1.82, 2.24) is 14.9 Å². The predicted molar refractivity (Wildman–Crippen MR) is 118 cm³/mol. The lowest BCUT2D eigenvalue weighted by Gasteiger charge is -2.16. The van der Waals surface area contributed by atoms with E-state index in [0.717, 1.165) is 30.3 Å². The Morgan fingerprint density at radius 3 is 2.70 bits per heavy atom. The fraction of sp³-hybridized carbons (Fsp3) is 0.333. The summed E-state index contributed by atoms with van der Waals surface area (Å²) in [6.45, 7) is 8.84. The van der Waals surface area contributed by atoms with Gasteiger partial charge in [0.2, 0.25) is 6.41 Å². The number of hydrogen-bond donors (Lipinski definition) is 1. The molecule has 0 saturated heterocycles. The topological polar surface area (TPSA) is 76.3 Å². The number of hydrogen-bond acceptors (Lipinski definition) is 3. The molecular weight excluding hydrogens is 376 g/mol. The van der Waals surface area contributed by atoms with Crippen molar-refractivity contribution < 1.29 is 9.59 Å². The van der Waals surface area contributed by atoms with E-state index >= 15 is 0 Å². The summed E-state index contributed by atoms with van der Waals surface area (Å²) in [4.78, 5) is 31.5. The maximum atomic E-state index is 12.0. The quantitative estimate of drug-likeness (QED) is 0.633. The molecular formula is C24H28N4O2. The van der Waals surface area contributed by atoms with E-state index in [-0.39, 0.29) is 0 Å². The van der Waals surface area contributed by atoms with Gasteiger partial charge in [-0.25, -0.2) is 9.78 Å². The SMILES string of the molecule is CCc1cc2nc(C)c(=NC(=O)NC=O)n(CCCc3cccc(C)c3)c2cc1C. The first-order chi connectivity index (χ1) is 14.4. The second kappa shape index (κ2) is 9.48. The van der Waals surface area contributed by atoms with Crippen LogP contribution in [0.15, 0.2) is 41.4 Å². The van der Waals surface area contributed by atoms with Crippen LogP contribution in [0.25, 0.3) is 11.0 Å². The summed E-state index contributed by atoms with van der Waals surface area (Å²) in [5.41, 5.74) is 7.94. The average Bonchev–Trinajstić information content (AvgIpc) is 2.70. The van der Waals surface area contributed by atoms with Crippen molar-refractivity contribution in [1.29, 1.82) is 0 Å². The van der Waals surface area contributed by atoms with E-state index in [1.165, 1.54) is 22.3 Å². The lowest BCUT2D eigenvalue weighted by Crippen LogP contribution is -2.30. The highest BCUT2D eigenvalue weighted by molar-refractivity contribution is 5.85. The summed E-state index contributed by atoms with van der Waals surface area (Å²) in [5, 5.41) is 2.09. The summed E-state index contributed by atoms with van der Waals surface area (Å²) < 4.78 is 2.05. The number of urea groups is 1. The highest BCUT2D eigenvalue weighted by Gasteiger charge is 2.11. The molecule has 30 heavy (non-hydrogen) atoms. The summed E-state index contributed by atoms with van der Waals surface area (Å²) >= 11 is 0. The van der Waals surface area contributed by atoms with Gasteiger partial charge in [-0.1, -0.05) is 36.8 Å². The molecule has 6 heteroatoms. The Morgan fingerprint density at radius 2 is 2.00 bits per heavy atom. The second-order valence-electron chi connectivity index (χ2n) is 7.57. The highest BCUT2D eigenvalue weighted by atomic mass is 16.2. The van der Waals surface area contributed by atoms with E-state index in [4.69, 9.17) is 4.98 Å². The van der Waals surface area contributed by atoms with Crippen LogP contribution in [0.2, 0.25) is 0 Å². The van der Waals surface area contributed by atoms with Crippen molar-refractivity contribution in [2.24, 2.45) is 4.99 Å². The Hall–Kier alpha value is -3.28. The maximum absolute atomic E-state index is 12.0. The molecule has 6 nitrogen and oxygen atoms in total. The first-order valence-electron chi connectivity index (χ1n) is 10.3. The van der Waals surface area contributed by atoms with Crippen LogP contribution in [0.5, 0.6) is 0 Å². The minimum atomic E-state index is -0.691. The van der Waals surface area contributed by atoms with Crippen molar-refractivity contribution in [2.45, 2.75) is 53.5 Å². The van der Waals surface area contributed by atoms with Gasteiger partial charge in [-0.3, -0.25) is 10.1 Å². The van der Waals surface area contributed by atoms with Crippen molar-refractivity contribution in [3.63, 3.8) is 0 Å². The lowest BCUT2D eigenvalue weighted by atomic mass is 10.0. The zero-order valence-electron chi connectivity index (χ0n) is 18.0. The number of carbonyl (C=O) groups excluding carboxylic acids is 2. The lowest BCUT2D eigenvalue weighted by molar-refractivity contribution is -0.108. The van der Waals surface area contributed by atoms with E-state index in [2.05, 4.69) is 67.5 Å². The Kier molecular flexibility index (Phi) is 6.77. The fourth-order valence-electron chi connectivity index (χ4n) is 3.81. The number of nitrogens with one attached hydrogen (secondary N) is 1. The zero-order chi connectivity index (χ0) is 21.7. The smallest absolute Gasteiger partial charge is 0.323 e. The molecule has 0 aliphatic rings. The standard InChI is InChI=1S/C24H28N4O2/c1-5-20-14-21-22(13-17(20)3)28(11-7-10-19-9-6-8-16(2)12-19)23(18(4)26-21)27-24(30)25-15-29/h6,8-9,12-15H,5,7,10-11H2,1-4H3,(H,25,29,30). The van der Waals surface area contributed by atoms with Crippen LogP contribution in [0.1, 0.15) is 41.3 Å². The number of imide groups is 1. The van der Waals surface area contributed by atoms with Gasteiger partial charge in [-0.15, -0.1) is 0 Å². The Labute approximate surface area is 176 Å². The Balaban J connectivity index is 2.07. The molecule has 1 N–H and O–H groups in total. The van der Waals surface area contributed by atoms with Crippen molar-refractivity contribution >= 4 is 23.5 Å². The largest absolute Gasteiger partial charge is 0.349 e. The number of carbonyl (C=O) groups is 2. The van der Waals surface area contributed by atoms with Crippen LogP contribution < -0.4 is 10.8 Å². The molecule has 3 rings (SSSR count). The van der Waals surface area contributed by atoms with E-state index in [9.17, 15) is 9.59 Å². The summed E-state index contributed by atoms with van der Waals surface area (Å²) in [6, 6.07) is 12.0. The first kappa shape index (κ1) is 21.4. The number of amides is 3. The fourth-order valence-corrected chi connectivity index (χ4v) is 3.81. The van der Waals surface area contributed by atoms with Gasteiger partial charge >= 0.3 is 6.03 Å². The molecule has 3 amide bonds. The van der Waals surface area contributed by atoms with Crippen LogP contribution in [-0.2, 0) is 24.2 Å². The van der Waals surface area contributed by atoms with E-state index in [1.807, 2.05) is 11.5 Å². The molecule has 0 bridgehead atoms. The predicted octanol–water partition coefficient (Wildman–Crippen LogP) is 3.92. The van der Waals surface area contributed by atoms with Gasteiger partial charge in [0.05, 0.1) is 16.7 Å². The Bertz CT molecular complexity index is 1160. The molecule has 0 fully saturated rings. The third-order valence-corrected chi connectivity index (χ3v) is 5.29. The molecule has 0 atom stereocenters. The van der Waals surface area contributed by atoms with Gasteiger partial charge in [0.15, 0.2) is 5.49 Å². The number of rotatable bonds is 6. The van der Waals surface area contributed by atoms with Crippen molar-refractivity contribution in [2.75, 3.05) is 0 Å². The number of fused-ring (bicyclic) bond motifs is 1. The zero-order valence-corrected chi connectivity index (χ0v) is 18.0. The highest BCUT2D eigenvalue weighted by Crippen LogP contribution is 2.19. The minimum Gasteiger partial charge on any atom is -0.323 e. The average molecular weight is 405 g/mol. The minimum absolute atomic E-state index is 0.343. The molecule has 3 aromatic rings. The van der Waals surface area contributed by atoms with Crippen molar-refractivity contribution in [3.8, 4) is 0 Å². The summed E-state index contributed by atoms with van der Waals surface area (Å²) in [6.07, 6.45) is 3.09. The van der Waals surface area contributed by atoms with Gasteiger partial charge in [0.1, 0.15) is 0 Å². The normalized spacial score (nSPS) is 11.7. The van der Waals surface area contributed by atoms with Crippen LogP contribution in [0.3, 0.4) is 0 Å². The van der Waals surface area contributed by atoms with Crippen LogP contribution >= 0.6 is 0 Å². The number of benzene rings is 2. The molecule has 0 saturated carbocycles. The molecule has 0 unspecified atom stereocenters. The second-order valence-corrected chi connectivity index (χ2v) is 7.57. The van der Waals surface area contributed by atoms with E-state index in [0.29, 0.717) is 24.1 Å². The first-order valence-corrected chi connectivity index (χ1v) is 10.3. The molecule has 2 aromatic carbocycles. The Morgan fingerprint density at radius 1 is 1.20 bits per heavy atom. The number of aryl methyl sites for hydroxylation is 6. The van der Waals surface area contributed by atoms with E-state index in [1.54, 1.807) is 0 Å². The maximum Gasteiger partial charge on any atom is 0.349 e. The van der Waals surface area contributed by atoms with Gasteiger partial charge in [0.25, 0.3) is 0 Å². The third-order valence-electron chi connectivity index (χ3n) is 5.29. The molecule has 156 valence electrons. The van der Waals surface area contributed by atoms with Crippen LogP contribution in [0, 0.1) is 20.8 Å². The van der Waals surface area contributed by atoms with Crippen molar-refractivity contribution in [3.05, 3.63) is 69.8 Å². The number of aromatic nitrogens is 2. The van der Waals surface area contributed by atoms with E-state index < -0.39 is 6.03 Å². The van der Waals surface area contributed by atoms with Crippen LogP contribution in [0.4, 0.5) is 4.79 Å². The summed E-state index contributed by atoms with van der Waals surface area (Å²) in [7, 11) is 0.